The largest absolute Gasteiger partial charge is 0.330 e. The molecule has 0 spiro atoms. The SMILES string of the molecule is c1ccc(Cn2cnc3c2CCCC3)cc1. The van der Waals surface area contributed by atoms with Crippen molar-refractivity contribution in [1.29, 1.82) is 0 Å². The Bertz CT molecular complexity index is 471. The molecule has 0 radical (unpaired) electrons. The van der Waals surface area contributed by atoms with Gasteiger partial charge in [-0.15, -0.1) is 0 Å². The molecule has 0 atom stereocenters. The van der Waals surface area contributed by atoms with Crippen LogP contribution in [0.25, 0.3) is 0 Å². The van der Waals surface area contributed by atoms with Crippen molar-refractivity contribution < 1.29 is 0 Å². The lowest BCUT2D eigenvalue weighted by Crippen LogP contribution is -2.08. The predicted molar refractivity (Wildman–Crippen MR) is 64.4 cm³/mol. The van der Waals surface area contributed by atoms with Crippen LogP contribution in [0.3, 0.4) is 0 Å². The number of hydrogen-bond acceptors (Lipinski definition) is 1. The van der Waals surface area contributed by atoms with E-state index >= 15 is 0 Å². The Morgan fingerprint density at radius 1 is 1.06 bits per heavy atom. The number of aromatic nitrogens is 2. The summed E-state index contributed by atoms with van der Waals surface area (Å²) in [4.78, 5) is 4.52. The van der Waals surface area contributed by atoms with E-state index < -0.39 is 0 Å². The molecule has 2 aromatic rings. The summed E-state index contributed by atoms with van der Waals surface area (Å²) in [7, 11) is 0. The first-order chi connectivity index (χ1) is 7.93. The fourth-order valence-electron chi connectivity index (χ4n) is 2.45. The zero-order chi connectivity index (χ0) is 10.8. The molecule has 1 aromatic heterocycles. The van der Waals surface area contributed by atoms with Gasteiger partial charge in [-0.3, -0.25) is 0 Å². The molecular weight excluding hydrogens is 196 g/mol. The van der Waals surface area contributed by atoms with Crippen LogP contribution in [-0.2, 0) is 19.4 Å². The van der Waals surface area contributed by atoms with E-state index in [2.05, 4.69) is 39.9 Å². The summed E-state index contributed by atoms with van der Waals surface area (Å²) >= 11 is 0. The minimum atomic E-state index is 0.961. The van der Waals surface area contributed by atoms with E-state index in [4.69, 9.17) is 0 Å². The number of nitrogens with zero attached hydrogens (tertiary/aromatic N) is 2. The standard InChI is InChI=1S/C14H16N2/c1-2-6-12(7-3-1)10-16-11-15-13-8-4-5-9-14(13)16/h1-3,6-7,11H,4-5,8-10H2. The smallest absolute Gasteiger partial charge is 0.0954 e. The van der Waals surface area contributed by atoms with Gasteiger partial charge < -0.3 is 4.57 Å². The second-order valence-electron chi connectivity index (χ2n) is 4.46. The number of imidazole rings is 1. The monoisotopic (exact) mass is 212 g/mol. The molecular formula is C14H16N2. The molecule has 0 saturated carbocycles. The first-order valence-electron chi connectivity index (χ1n) is 6.00. The Balaban J connectivity index is 1.88. The molecule has 1 heterocycles. The predicted octanol–water partition coefficient (Wildman–Crippen LogP) is 2.81. The second-order valence-corrected chi connectivity index (χ2v) is 4.46. The minimum Gasteiger partial charge on any atom is -0.330 e. The van der Waals surface area contributed by atoms with Crippen LogP contribution in [-0.4, -0.2) is 9.55 Å². The summed E-state index contributed by atoms with van der Waals surface area (Å²) in [5.74, 6) is 0. The van der Waals surface area contributed by atoms with Crippen LogP contribution < -0.4 is 0 Å². The number of aryl methyl sites for hydroxylation is 1. The first-order valence-corrected chi connectivity index (χ1v) is 6.00. The summed E-state index contributed by atoms with van der Waals surface area (Å²) in [5, 5.41) is 0. The van der Waals surface area contributed by atoms with Crippen molar-refractivity contribution in [3.63, 3.8) is 0 Å². The van der Waals surface area contributed by atoms with Gasteiger partial charge in [0.15, 0.2) is 0 Å². The molecule has 0 unspecified atom stereocenters. The molecule has 1 aliphatic carbocycles. The van der Waals surface area contributed by atoms with E-state index in [-0.39, 0.29) is 0 Å². The van der Waals surface area contributed by atoms with Gasteiger partial charge in [0.25, 0.3) is 0 Å². The highest BCUT2D eigenvalue weighted by atomic mass is 15.1. The molecule has 0 N–H and O–H groups in total. The third-order valence-electron chi connectivity index (χ3n) is 3.31. The van der Waals surface area contributed by atoms with Crippen LogP contribution in [0.5, 0.6) is 0 Å². The highest BCUT2D eigenvalue weighted by molar-refractivity contribution is 5.20. The fraction of sp³-hybridized carbons (Fsp3) is 0.357. The Morgan fingerprint density at radius 3 is 2.75 bits per heavy atom. The third kappa shape index (κ3) is 1.75. The molecule has 0 aliphatic heterocycles. The normalized spacial score (nSPS) is 14.8. The van der Waals surface area contributed by atoms with Crippen LogP contribution >= 0.6 is 0 Å². The van der Waals surface area contributed by atoms with Crippen molar-refractivity contribution in [2.24, 2.45) is 0 Å². The van der Waals surface area contributed by atoms with Crippen molar-refractivity contribution in [2.75, 3.05) is 0 Å². The third-order valence-corrected chi connectivity index (χ3v) is 3.31. The molecule has 16 heavy (non-hydrogen) atoms. The van der Waals surface area contributed by atoms with Gasteiger partial charge in [-0.2, -0.15) is 0 Å². The summed E-state index contributed by atoms with van der Waals surface area (Å²) < 4.78 is 2.31. The van der Waals surface area contributed by atoms with Crippen LogP contribution in [0.1, 0.15) is 29.8 Å². The van der Waals surface area contributed by atoms with Gasteiger partial charge in [0.1, 0.15) is 0 Å². The summed E-state index contributed by atoms with van der Waals surface area (Å²) in [6.07, 6.45) is 6.98. The second kappa shape index (κ2) is 4.12. The van der Waals surface area contributed by atoms with Gasteiger partial charge >= 0.3 is 0 Å². The quantitative estimate of drug-likeness (QED) is 0.748. The maximum absolute atomic E-state index is 4.52. The maximum Gasteiger partial charge on any atom is 0.0954 e. The highest BCUT2D eigenvalue weighted by Gasteiger charge is 2.14. The van der Waals surface area contributed by atoms with E-state index in [1.165, 1.54) is 36.2 Å². The lowest BCUT2D eigenvalue weighted by molar-refractivity contribution is 0.628. The van der Waals surface area contributed by atoms with Crippen molar-refractivity contribution in [3.8, 4) is 0 Å². The Morgan fingerprint density at radius 2 is 1.88 bits per heavy atom. The van der Waals surface area contributed by atoms with Crippen molar-refractivity contribution in [3.05, 3.63) is 53.6 Å². The van der Waals surface area contributed by atoms with Crippen molar-refractivity contribution in [1.82, 2.24) is 9.55 Å². The van der Waals surface area contributed by atoms with E-state index in [0.717, 1.165) is 13.0 Å². The number of fused-ring (bicyclic) bond motifs is 1. The molecule has 2 heteroatoms. The lowest BCUT2D eigenvalue weighted by atomic mass is 10.0. The Kier molecular flexibility index (Phi) is 2.49. The Labute approximate surface area is 95.9 Å². The van der Waals surface area contributed by atoms with Crippen molar-refractivity contribution >= 4 is 0 Å². The Hall–Kier alpha value is -1.57. The molecule has 1 aromatic carbocycles. The number of rotatable bonds is 2. The van der Waals surface area contributed by atoms with E-state index in [9.17, 15) is 0 Å². The van der Waals surface area contributed by atoms with Crippen LogP contribution in [0.4, 0.5) is 0 Å². The average Bonchev–Trinajstić information content (AvgIpc) is 2.74. The van der Waals surface area contributed by atoms with Gasteiger partial charge in [-0.05, 0) is 31.2 Å². The van der Waals surface area contributed by atoms with Crippen LogP contribution in [0, 0.1) is 0 Å². The lowest BCUT2D eigenvalue weighted by Gasteiger charge is -2.13. The van der Waals surface area contributed by atoms with E-state index in [1.54, 1.807) is 0 Å². The average molecular weight is 212 g/mol. The summed E-state index contributed by atoms with van der Waals surface area (Å²) in [5.41, 5.74) is 4.13. The van der Waals surface area contributed by atoms with Gasteiger partial charge in [0.05, 0.1) is 12.0 Å². The molecule has 1 aliphatic rings. The zero-order valence-electron chi connectivity index (χ0n) is 9.39. The molecule has 0 fully saturated rings. The fourth-order valence-corrected chi connectivity index (χ4v) is 2.45. The zero-order valence-corrected chi connectivity index (χ0v) is 9.39. The maximum atomic E-state index is 4.52. The summed E-state index contributed by atoms with van der Waals surface area (Å²) in [6, 6.07) is 10.6. The first kappa shape index (κ1) is 9.64. The van der Waals surface area contributed by atoms with Crippen LogP contribution in [0.15, 0.2) is 36.7 Å². The highest BCUT2D eigenvalue weighted by Crippen LogP contribution is 2.20. The molecule has 0 bridgehead atoms. The number of benzene rings is 1. The van der Waals surface area contributed by atoms with Gasteiger partial charge in [-0.1, -0.05) is 30.3 Å². The minimum absolute atomic E-state index is 0.961. The summed E-state index contributed by atoms with van der Waals surface area (Å²) in [6.45, 7) is 0.961. The molecule has 82 valence electrons. The van der Waals surface area contributed by atoms with Crippen molar-refractivity contribution in [2.45, 2.75) is 32.2 Å². The van der Waals surface area contributed by atoms with Gasteiger partial charge in [-0.25, -0.2) is 4.98 Å². The topological polar surface area (TPSA) is 17.8 Å². The van der Waals surface area contributed by atoms with Gasteiger partial charge in [0.2, 0.25) is 0 Å². The van der Waals surface area contributed by atoms with Gasteiger partial charge in [0, 0.05) is 12.2 Å². The van der Waals surface area contributed by atoms with E-state index in [0.29, 0.717) is 0 Å². The molecule has 3 rings (SSSR count). The van der Waals surface area contributed by atoms with Crippen LogP contribution in [0.2, 0.25) is 0 Å². The molecule has 0 amide bonds. The molecule has 0 saturated heterocycles. The number of hydrogen-bond donors (Lipinski definition) is 0. The van der Waals surface area contributed by atoms with E-state index in [1.807, 2.05) is 6.33 Å². The molecule has 2 nitrogen and oxygen atoms in total.